The van der Waals surface area contributed by atoms with Gasteiger partial charge >= 0.3 is 0 Å². The number of rotatable bonds is 5. The normalized spacial score (nSPS) is 17.2. The molecule has 0 unspecified atom stereocenters. The van der Waals surface area contributed by atoms with E-state index in [0.29, 0.717) is 5.92 Å². The second-order valence-electron chi connectivity index (χ2n) is 5.61. The maximum atomic E-state index is 5.25. The van der Waals surface area contributed by atoms with Gasteiger partial charge in [0.1, 0.15) is 5.75 Å². The first-order valence-corrected chi connectivity index (χ1v) is 7.18. The molecule has 0 saturated carbocycles. The Morgan fingerprint density at radius 1 is 1.16 bits per heavy atom. The number of likely N-dealkylation sites (N-methyl/N-ethyl adjacent to an activating group) is 1. The summed E-state index contributed by atoms with van der Waals surface area (Å²) in [5.74, 6) is 1.46. The number of hydrogen-bond donors (Lipinski definition) is 0. The SMILES string of the molecule is COc1ccc([C@H](CN(C)C)C2=CCCCC2)cc1. The highest BCUT2D eigenvalue weighted by atomic mass is 16.5. The number of ether oxygens (including phenoxy) is 1. The van der Waals surface area contributed by atoms with Crippen LogP contribution in [0.2, 0.25) is 0 Å². The topological polar surface area (TPSA) is 12.5 Å². The van der Waals surface area contributed by atoms with E-state index in [4.69, 9.17) is 4.74 Å². The highest BCUT2D eigenvalue weighted by Crippen LogP contribution is 2.32. The molecule has 19 heavy (non-hydrogen) atoms. The van der Waals surface area contributed by atoms with Crippen LogP contribution in [-0.4, -0.2) is 32.6 Å². The molecular weight excluding hydrogens is 234 g/mol. The molecule has 0 saturated heterocycles. The van der Waals surface area contributed by atoms with Crippen LogP contribution in [0.25, 0.3) is 0 Å². The van der Waals surface area contributed by atoms with E-state index >= 15 is 0 Å². The van der Waals surface area contributed by atoms with Gasteiger partial charge < -0.3 is 9.64 Å². The van der Waals surface area contributed by atoms with Gasteiger partial charge in [-0.3, -0.25) is 0 Å². The lowest BCUT2D eigenvalue weighted by Crippen LogP contribution is -2.22. The Kier molecular flexibility index (Phi) is 5.03. The number of allylic oxidation sites excluding steroid dienone is 1. The lowest BCUT2D eigenvalue weighted by molar-refractivity contribution is 0.383. The van der Waals surface area contributed by atoms with E-state index in [-0.39, 0.29) is 0 Å². The molecule has 0 aromatic heterocycles. The van der Waals surface area contributed by atoms with Crippen LogP contribution < -0.4 is 4.74 Å². The first-order chi connectivity index (χ1) is 9.20. The monoisotopic (exact) mass is 259 g/mol. The third-order valence-electron chi connectivity index (χ3n) is 3.84. The molecule has 0 fully saturated rings. The molecule has 2 heteroatoms. The zero-order valence-corrected chi connectivity index (χ0v) is 12.4. The fourth-order valence-electron chi connectivity index (χ4n) is 2.82. The van der Waals surface area contributed by atoms with Crippen molar-refractivity contribution in [1.29, 1.82) is 0 Å². The molecule has 1 aromatic carbocycles. The molecule has 0 heterocycles. The van der Waals surface area contributed by atoms with Crippen molar-refractivity contribution >= 4 is 0 Å². The third-order valence-corrected chi connectivity index (χ3v) is 3.84. The molecule has 1 atom stereocenters. The minimum absolute atomic E-state index is 0.529. The molecule has 0 spiro atoms. The van der Waals surface area contributed by atoms with E-state index in [0.717, 1.165) is 12.3 Å². The van der Waals surface area contributed by atoms with Gasteiger partial charge in [0.2, 0.25) is 0 Å². The van der Waals surface area contributed by atoms with Crippen LogP contribution in [-0.2, 0) is 0 Å². The van der Waals surface area contributed by atoms with E-state index in [2.05, 4.69) is 49.3 Å². The van der Waals surface area contributed by atoms with Crippen molar-refractivity contribution < 1.29 is 4.74 Å². The molecule has 1 aliphatic carbocycles. The van der Waals surface area contributed by atoms with Crippen molar-refractivity contribution in [2.75, 3.05) is 27.7 Å². The summed E-state index contributed by atoms with van der Waals surface area (Å²) in [5, 5.41) is 0. The second kappa shape index (κ2) is 6.76. The maximum absolute atomic E-state index is 5.25. The summed E-state index contributed by atoms with van der Waals surface area (Å²) in [6.07, 6.45) is 7.65. The predicted octanol–water partition coefficient (Wildman–Crippen LogP) is 3.84. The van der Waals surface area contributed by atoms with Crippen LogP contribution >= 0.6 is 0 Å². The zero-order chi connectivity index (χ0) is 13.7. The first-order valence-electron chi connectivity index (χ1n) is 7.18. The Morgan fingerprint density at radius 3 is 2.42 bits per heavy atom. The summed E-state index contributed by atoms with van der Waals surface area (Å²) in [4.78, 5) is 2.28. The molecule has 0 aliphatic heterocycles. The third kappa shape index (κ3) is 3.84. The van der Waals surface area contributed by atoms with Crippen LogP contribution in [0.5, 0.6) is 5.75 Å². The fraction of sp³-hybridized carbons (Fsp3) is 0.529. The number of nitrogens with zero attached hydrogens (tertiary/aromatic N) is 1. The maximum Gasteiger partial charge on any atom is 0.118 e. The van der Waals surface area contributed by atoms with Crippen molar-refractivity contribution in [2.24, 2.45) is 0 Å². The largest absolute Gasteiger partial charge is 0.497 e. The van der Waals surface area contributed by atoms with Gasteiger partial charge in [-0.25, -0.2) is 0 Å². The van der Waals surface area contributed by atoms with Crippen LogP contribution in [0.4, 0.5) is 0 Å². The summed E-state index contributed by atoms with van der Waals surface area (Å²) in [6.45, 7) is 1.08. The van der Waals surface area contributed by atoms with E-state index in [1.54, 1.807) is 12.7 Å². The van der Waals surface area contributed by atoms with Gasteiger partial charge in [0.25, 0.3) is 0 Å². The summed E-state index contributed by atoms with van der Waals surface area (Å²) < 4.78 is 5.25. The molecule has 2 nitrogen and oxygen atoms in total. The van der Waals surface area contributed by atoms with Crippen molar-refractivity contribution in [3.05, 3.63) is 41.5 Å². The summed E-state index contributed by atoms with van der Waals surface area (Å²) in [5.41, 5.74) is 3.02. The predicted molar refractivity (Wildman–Crippen MR) is 80.8 cm³/mol. The smallest absolute Gasteiger partial charge is 0.118 e. The Hall–Kier alpha value is -1.28. The highest BCUT2D eigenvalue weighted by molar-refractivity contribution is 5.35. The van der Waals surface area contributed by atoms with E-state index in [1.807, 2.05) is 0 Å². The Morgan fingerprint density at radius 2 is 1.89 bits per heavy atom. The fourth-order valence-corrected chi connectivity index (χ4v) is 2.82. The lowest BCUT2D eigenvalue weighted by Gasteiger charge is -2.26. The molecule has 0 N–H and O–H groups in total. The lowest BCUT2D eigenvalue weighted by atomic mass is 9.84. The van der Waals surface area contributed by atoms with E-state index in [9.17, 15) is 0 Å². The van der Waals surface area contributed by atoms with E-state index in [1.165, 1.54) is 31.2 Å². The van der Waals surface area contributed by atoms with Gasteiger partial charge in [0.15, 0.2) is 0 Å². The van der Waals surface area contributed by atoms with Gasteiger partial charge in [-0.05, 0) is 57.5 Å². The molecule has 1 aromatic rings. The molecule has 0 radical (unpaired) electrons. The first kappa shape index (κ1) is 14.1. The van der Waals surface area contributed by atoms with Crippen molar-refractivity contribution in [3.8, 4) is 5.75 Å². The highest BCUT2D eigenvalue weighted by Gasteiger charge is 2.19. The quantitative estimate of drug-likeness (QED) is 0.745. The molecule has 0 amide bonds. The average molecular weight is 259 g/mol. The minimum atomic E-state index is 0.529. The summed E-state index contributed by atoms with van der Waals surface area (Å²) >= 11 is 0. The van der Waals surface area contributed by atoms with Crippen molar-refractivity contribution in [2.45, 2.75) is 31.6 Å². The van der Waals surface area contributed by atoms with Crippen LogP contribution in [0, 0.1) is 0 Å². The Bertz CT molecular complexity index is 419. The van der Waals surface area contributed by atoms with Gasteiger partial charge in [0.05, 0.1) is 7.11 Å². The second-order valence-corrected chi connectivity index (χ2v) is 5.61. The van der Waals surface area contributed by atoms with Gasteiger partial charge in [-0.2, -0.15) is 0 Å². The number of hydrogen-bond acceptors (Lipinski definition) is 2. The van der Waals surface area contributed by atoms with Crippen LogP contribution in [0.3, 0.4) is 0 Å². The molecule has 2 rings (SSSR count). The van der Waals surface area contributed by atoms with Crippen LogP contribution in [0.15, 0.2) is 35.9 Å². The van der Waals surface area contributed by atoms with Crippen molar-refractivity contribution in [1.82, 2.24) is 4.90 Å². The van der Waals surface area contributed by atoms with Crippen LogP contribution in [0.1, 0.15) is 37.2 Å². The van der Waals surface area contributed by atoms with Gasteiger partial charge in [0, 0.05) is 12.5 Å². The van der Waals surface area contributed by atoms with E-state index < -0.39 is 0 Å². The van der Waals surface area contributed by atoms with Crippen molar-refractivity contribution in [3.63, 3.8) is 0 Å². The van der Waals surface area contributed by atoms with Gasteiger partial charge in [-0.1, -0.05) is 23.8 Å². The summed E-state index contributed by atoms with van der Waals surface area (Å²) in [6, 6.07) is 8.56. The Balaban J connectivity index is 2.22. The summed E-state index contributed by atoms with van der Waals surface area (Å²) in [7, 11) is 6.02. The molecule has 1 aliphatic rings. The Labute approximate surface area is 117 Å². The standard InChI is InChI=1S/C17H25NO/c1-18(2)13-17(14-7-5-4-6-8-14)15-9-11-16(19-3)12-10-15/h7,9-12,17H,4-6,8,13H2,1-3H3/t17-/m1/s1. The molecule has 0 bridgehead atoms. The molecule has 104 valence electrons. The number of methoxy groups -OCH3 is 1. The minimum Gasteiger partial charge on any atom is -0.497 e. The van der Waals surface area contributed by atoms with Gasteiger partial charge in [-0.15, -0.1) is 0 Å². The number of benzene rings is 1. The average Bonchev–Trinajstić information content (AvgIpc) is 2.46. The zero-order valence-electron chi connectivity index (χ0n) is 12.4. The molecular formula is C17H25NO.